The summed E-state index contributed by atoms with van der Waals surface area (Å²) in [5.74, 6) is -0.784. The maximum absolute atomic E-state index is 12.6. The van der Waals surface area contributed by atoms with E-state index in [0.29, 0.717) is 17.0 Å². The molecule has 0 spiro atoms. The number of nitrogens with zero attached hydrogens (tertiary/aromatic N) is 4. The molecule has 2 aromatic rings. The van der Waals surface area contributed by atoms with Gasteiger partial charge in [-0.15, -0.1) is 0 Å². The minimum absolute atomic E-state index is 0.0265. The lowest BCUT2D eigenvalue weighted by atomic mass is 10.2. The molecule has 0 aliphatic carbocycles. The largest absolute Gasteiger partial charge is 0.506 e. The average molecular weight is 387 g/mol. The maximum Gasteiger partial charge on any atom is 0.280 e. The number of aryl methyl sites for hydroxylation is 1. The Kier molecular flexibility index (Phi) is 4.77. The summed E-state index contributed by atoms with van der Waals surface area (Å²) in [6, 6.07) is 10.3. The first kappa shape index (κ1) is 18.7. The lowest BCUT2D eigenvalue weighted by molar-refractivity contribution is -0.117. The fraction of sp³-hybridized carbons (Fsp3) is 0.176. The van der Waals surface area contributed by atoms with E-state index < -0.39 is 21.8 Å². The normalized spacial score (nSPS) is 17.6. The van der Waals surface area contributed by atoms with E-state index in [1.54, 1.807) is 31.2 Å². The number of phenols is 1. The Hall–Kier alpha value is -3.11. The molecule has 2 aromatic carbocycles. The molecule has 0 bridgehead atoms. The lowest BCUT2D eigenvalue weighted by Crippen LogP contribution is -2.29. The second-order valence-electron chi connectivity index (χ2n) is 6.00. The highest BCUT2D eigenvalue weighted by Gasteiger charge is 2.34. The van der Waals surface area contributed by atoms with Crippen molar-refractivity contribution in [1.29, 1.82) is 0 Å². The van der Waals surface area contributed by atoms with Gasteiger partial charge in [-0.2, -0.15) is 20.3 Å². The van der Waals surface area contributed by atoms with Gasteiger partial charge in [0.05, 0.1) is 16.3 Å². The van der Waals surface area contributed by atoms with Gasteiger partial charge >= 0.3 is 0 Å². The third-order valence-corrected chi connectivity index (χ3v) is 5.01. The quantitative estimate of drug-likeness (QED) is 0.777. The third kappa shape index (κ3) is 3.71. The topological polar surface area (TPSA) is 138 Å². The van der Waals surface area contributed by atoms with Gasteiger partial charge in [0, 0.05) is 6.07 Å². The second kappa shape index (κ2) is 6.89. The lowest BCUT2D eigenvalue weighted by Gasteiger charge is -2.12. The van der Waals surface area contributed by atoms with E-state index in [-0.39, 0.29) is 16.5 Å². The van der Waals surface area contributed by atoms with Crippen LogP contribution >= 0.6 is 0 Å². The summed E-state index contributed by atoms with van der Waals surface area (Å²) >= 11 is 0. The van der Waals surface area contributed by atoms with Gasteiger partial charge < -0.3 is 5.11 Å². The molecule has 1 atom stereocenters. The van der Waals surface area contributed by atoms with E-state index in [9.17, 15) is 18.3 Å². The van der Waals surface area contributed by atoms with Crippen molar-refractivity contribution in [2.75, 3.05) is 5.01 Å². The van der Waals surface area contributed by atoms with Crippen LogP contribution in [-0.2, 0) is 14.8 Å². The van der Waals surface area contributed by atoms with Crippen LogP contribution in [0.2, 0.25) is 0 Å². The first-order chi connectivity index (χ1) is 12.7. The molecule has 0 saturated heterocycles. The number of hydrazone groups is 1. The van der Waals surface area contributed by atoms with Crippen LogP contribution in [-0.4, -0.2) is 31.2 Å². The van der Waals surface area contributed by atoms with Crippen LogP contribution in [0.25, 0.3) is 0 Å². The fourth-order valence-corrected chi connectivity index (χ4v) is 3.40. The van der Waals surface area contributed by atoms with Gasteiger partial charge in [-0.05, 0) is 37.6 Å². The SMILES string of the molecule is CC1=NN(c2ccccc2)C(=O)C1N=Nc1cc(C)c(S(N)(=O)=O)cc1O. The van der Waals surface area contributed by atoms with Gasteiger partial charge in [0.1, 0.15) is 11.4 Å². The van der Waals surface area contributed by atoms with Crippen LogP contribution in [0.15, 0.2) is 62.7 Å². The van der Waals surface area contributed by atoms with E-state index in [0.717, 1.165) is 6.07 Å². The van der Waals surface area contributed by atoms with E-state index in [4.69, 9.17) is 5.14 Å². The number of primary sulfonamides is 1. The van der Waals surface area contributed by atoms with E-state index in [2.05, 4.69) is 15.3 Å². The summed E-state index contributed by atoms with van der Waals surface area (Å²) in [6.45, 7) is 3.17. The molecule has 0 radical (unpaired) electrons. The molecule has 3 rings (SSSR count). The first-order valence-electron chi connectivity index (χ1n) is 7.90. The van der Waals surface area contributed by atoms with Gasteiger partial charge in [-0.3, -0.25) is 4.79 Å². The number of amides is 1. The van der Waals surface area contributed by atoms with Crippen LogP contribution in [0.5, 0.6) is 5.75 Å². The van der Waals surface area contributed by atoms with Crippen LogP contribution in [0, 0.1) is 6.92 Å². The number of hydrogen-bond donors (Lipinski definition) is 2. The van der Waals surface area contributed by atoms with Gasteiger partial charge in [-0.25, -0.2) is 13.6 Å². The van der Waals surface area contributed by atoms with Gasteiger partial charge in [0.25, 0.3) is 5.91 Å². The number of carbonyl (C=O) groups is 1. The molecule has 1 unspecified atom stereocenters. The zero-order valence-corrected chi connectivity index (χ0v) is 15.4. The van der Waals surface area contributed by atoms with Crippen molar-refractivity contribution in [3.8, 4) is 5.75 Å². The van der Waals surface area contributed by atoms with Crippen LogP contribution in [0.1, 0.15) is 12.5 Å². The Morgan fingerprint density at radius 2 is 1.85 bits per heavy atom. The summed E-state index contributed by atoms with van der Waals surface area (Å²) in [6.07, 6.45) is 0. The molecule has 10 heteroatoms. The molecule has 1 aliphatic heterocycles. The number of anilines is 1. The number of rotatable bonds is 4. The Balaban J connectivity index is 1.88. The number of aromatic hydroxyl groups is 1. The molecule has 1 aliphatic rings. The molecule has 0 aromatic heterocycles. The van der Waals surface area contributed by atoms with Crippen LogP contribution in [0.4, 0.5) is 11.4 Å². The molecule has 1 heterocycles. The van der Waals surface area contributed by atoms with Crippen LogP contribution < -0.4 is 10.1 Å². The smallest absolute Gasteiger partial charge is 0.280 e. The number of azo groups is 1. The number of sulfonamides is 1. The Bertz CT molecular complexity index is 1060. The van der Waals surface area contributed by atoms with Crippen molar-refractivity contribution in [3.05, 3.63) is 48.0 Å². The molecule has 1 amide bonds. The summed E-state index contributed by atoms with van der Waals surface area (Å²) < 4.78 is 23.0. The van der Waals surface area contributed by atoms with Crippen molar-refractivity contribution < 1.29 is 18.3 Å². The molecular weight excluding hydrogens is 370 g/mol. The molecule has 0 fully saturated rings. The van der Waals surface area contributed by atoms with Crippen LogP contribution in [0.3, 0.4) is 0 Å². The summed E-state index contributed by atoms with van der Waals surface area (Å²) in [4.78, 5) is 12.4. The first-order valence-corrected chi connectivity index (χ1v) is 9.44. The Morgan fingerprint density at radius 1 is 1.19 bits per heavy atom. The molecule has 0 saturated carbocycles. The number of phenolic OH excluding ortho intramolecular Hbond substituents is 1. The summed E-state index contributed by atoms with van der Waals surface area (Å²) in [7, 11) is -3.97. The predicted octanol–water partition coefficient (Wildman–Crippen LogP) is 2.22. The van der Waals surface area contributed by atoms with Gasteiger partial charge in [0.15, 0.2) is 6.04 Å². The zero-order chi connectivity index (χ0) is 19.8. The van der Waals surface area contributed by atoms with Gasteiger partial charge in [0.2, 0.25) is 10.0 Å². The van der Waals surface area contributed by atoms with E-state index in [1.807, 2.05) is 6.07 Å². The fourth-order valence-electron chi connectivity index (χ4n) is 2.61. The predicted molar refractivity (Wildman–Crippen MR) is 99.6 cm³/mol. The van der Waals surface area contributed by atoms with E-state index >= 15 is 0 Å². The standard InChI is InChI=1S/C17H17N5O4S/c1-10-8-13(14(23)9-15(10)27(18,25)26)19-20-16-11(2)21-22(17(16)24)12-6-4-3-5-7-12/h3-9,16,23H,1-2H3,(H2,18,25,26). The van der Waals surface area contributed by atoms with Crippen molar-refractivity contribution in [1.82, 2.24) is 0 Å². The van der Waals surface area contributed by atoms with Crippen molar-refractivity contribution in [2.45, 2.75) is 24.8 Å². The number of hydrogen-bond acceptors (Lipinski definition) is 7. The number of nitrogens with two attached hydrogens (primary N) is 1. The molecule has 140 valence electrons. The van der Waals surface area contributed by atoms with Crippen molar-refractivity contribution in [3.63, 3.8) is 0 Å². The Labute approximate surface area is 155 Å². The van der Waals surface area contributed by atoms with E-state index in [1.165, 1.54) is 18.0 Å². The zero-order valence-electron chi connectivity index (χ0n) is 14.6. The molecular formula is C17H17N5O4S. The Morgan fingerprint density at radius 3 is 2.48 bits per heavy atom. The summed E-state index contributed by atoms with van der Waals surface area (Å²) in [5.41, 5.74) is 1.39. The number of para-hydroxylation sites is 1. The summed E-state index contributed by atoms with van der Waals surface area (Å²) in [5, 5.41) is 28.5. The highest BCUT2D eigenvalue weighted by atomic mass is 32.2. The second-order valence-corrected chi connectivity index (χ2v) is 7.53. The van der Waals surface area contributed by atoms with Crippen molar-refractivity contribution in [2.24, 2.45) is 20.5 Å². The molecule has 3 N–H and O–H groups in total. The highest BCUT2D eigenvalue weighted by Crippen LogP contribution is 2.32. The monoisotopic (exact) mass is 387 g/mol. The third-order valence-electron chi connectivity index (χ3n) is 3.96. The minimum atomic E-state index is -3.97. The number of benzene rings is 2. The van der Waals surface area contributed by atoms with Crippen molar-refractivity contribution >= 4 is 33.0 Å². The molecule has 9 nitrogen and oxygen atoms in total. The number of carbonyl (C=O) groups excluding carboxylic acids is 1. The van der Waals surface area contributed by atoms with Gasteiger partial charge in [-0.1, -0.05) is 18.2 Å². The minimum Gasteiger partial charge on any atom is -0.506 e. The highest BCUT2D eigenvalue weighted by molar-refractivity contribution is 7.89. The average Bonchev–Trinajstić information content (AvgIpc) is 2.89. The maximum atomic E-state index is 12.6. The molecule has 27 heavy (non-hydrogen) atoms.